The fourth-order valence-electron chi connectivity index (χ4n) is 10.9. The van der Waals surface area contributed by atoms with Gasteiger partial charge in [-0.1, -0.05) is 358 Å². The molecule has 0 amide bonds. The van der Waals surface area contributed by atoms with Crippen LogP contribution in [0.4, 0.5) is 0 Å². The van der Waals surface area contributed by atoms with Crippen LogP contribution in [0, 0.1) is 0 Å². The highest BCUT2D eigenvalue weighted by atomic mass is 16.6. The van der Waals surface area contributed by atoms with Crippen molar-refractivity contribution >= 4 is 17.9 Å². The third kappa shape index (κ3) is 67.9. The zero-order valence-electron chi connectivity index (χ0n) is 55.0. The quantitative estimate of drug-likeness (QED) is 0.0261. The normalized spacial score (nSPS) is 12.4. The molecule has 0 radical (unpaired) electrons. The van der Waals surface area contributed by atoms with E-state index in [1.807, 2.05) is 6.08 Å². The molecule has 1 atom stereocenters. The van der Waals surface area contributed by atoms with Gasteiger partial charge in [-0.3, -0.25) is 14.4 Å². The highest BCUT2D eigenvalue weighted by Crippen LogP contribution is 2.19. The molecule has 0 aliphatic heterocycles. The van der Waals surface area contributed by atoms with Gasteiger partial charge in [-0.25, -0.2) is 0 Å². The minimum absolute atomic E-state index is 0.0946. The highest BCUT2D eigenvalue weighted by Gasteiger charge is 2.19. The van der Waals surface area contributed by atoms with Crippen LogP contribution >= 0.6 is 0 Å². The number of rotatable bonds is 67. The molecule has 0 N–H and O–H groups in total. The van der Waals surface area contributed by atoms with Gasteiger partial charge in [0.25, 0.3) is 0 Å². The Morgan fingerprint density at radius 3 is 0.817 bits per heavy atom. The van der Waals surface area contributed by atoms with Crippen LogP contribution in [-0.4, -0.2) is 37.2 Å². The number of ether oxygens (including phenoxy) is 3. The molecule has 1 unspecified atom stereocenters. The lowest BCUT2D eigenvalue weighted by Crippen LogP contribution is -2.30. The summed E-state index contributed by atoms with van der Waals surface area (Å²) in [6, 6.07) is 0. The molecule has 0 spiro atoms. The van der Waals surface area contributed by atoms with Crippen molar-refractivity contribution in [3.05, 3.63) is 60.8 Å². The van der Waals surface area contributed by atoms with Crippen LogP contribution in [0.3, 0.4) is 0 Å². The maximum absolute atomic E-state index is 12.9. The van der Waals surface area contributed by atoms with Crippen molar-refractivity contribution < 1.29 is 28.6 Å². The minimum Gasteiger partial charge on any atom is -0.462 e. The van der Waals surface area contributed by atoms with E-state index in [0.717, 1.165) is 64.2 Å². The van der Waals surface area contributed by atoms with Crippen LogP contribution in [0.15, 0.2) is 60.8 Å². The Bertz CT molecular complexity index is 1460. The Hall–Kier alpha value is -2.89. The van der Waals surface area contributed by atoms with Crippen molar-refractivity contribution in [1.29, 1.82) is 0 Å². The number of carbonyl (C=O) groups is 3. The van der Waals surface area contributed by atoms with Gasteiger partial charge in [-0.15, -0.1) is 0 Å². The number of hydrogen-bond acceptors (Lipinski definition) is 6. The number of hydrogen-bond donors (Lipinski definition) is 0. The van der Waals surface area contributed by atoms with Crippen molar-refractivity contribution in [3.8, 4) is 0 Å². The SMILES string of the molecule is CC/C=C\C/C=C\C/C=C\C/C=C\CCC(=O)OCC(COC(=O)CCCCCCCCCCCCCCCCCCCCCCCCCCCCCCCCCCC)OC(=O)CCCCCCCCC/C=C\CCCCCCCCC. The molecule has 6 heteroatoms. The van der Waals surface area contributed by atoms with E-state index in [2.05, 4.69) is 75.5 Å². The Morgan fingerprint density at radius 1 is 0.256 bits per heavy atom. The van der Waals surface area contributed by atoms with Crippen molar-refractivity contribution in [2.75, 3.05) is 13.2 Å². The molecule has 0 saturated carbocycles. The first kappa shape index (κ1) is 79.1. The fourth-order valence-corrected chi connectivity index (χ4v) is 10.9. The molecule has 0 bridgehead atoms. The Kier molecular flexibility index (Phi) is 68.1. The highest BCUT2D eigenvalue weighted by molar-refractivity contribution is 5.71. The topological polar surface area (TPSA) is 78.9 Å². The molecule has 478 valence electrons. The van der Waals surface area contributed by atoms with Gasteiger partial charge in [-0.2, -0.15) is 0 Å². The summed E-state index contributed by atoms with van der Waals surface area (Å²) < 4.78 is 16.9. The number of unbranched alkanes of at least 4 members (excludes halogenated alkanes) is 46. The van der Waals surface area contributed by atoms with E-state index in [0.29, 0.717) is 19.3 Å². The maximum atomic E-state index is 12.9. The van der Waals surface area contributed by atoms with Gasteiger partial charge in [0, 0.05) is 19.3 Å². The van der Waals surface area contributed by atoms with E-state index < -0.39 is 6.10 Å². The first-order valence-electron chi connectivity index (χ1n) is 36.3. The molecule has 0 aromatic heterocycles. The van der Waals surface area contributed by atoms with Crippen LogP contribution in [0.5, 0.6) is 0 Å². The number of esters is 3. The Morgan fingerprint density at radius 2 is 0.500 bits per heavy atom. The Balaban J connectivity index is 4.14. The summed E-state index contributed by atoms with van der Waals surface area (Å²) in [5.41, 5.74) is 0. The third-order valence-corrected chi connectivity index (χ3v) is 16.3. The molecular weight excluding hydrogens is 1010 g/mol. The average Bonchev–Trinajstić information content (AvgIpc) is 3.47. The van der Waals surface area contributed by atoms with Gasteiger partial charge < -0.3 is 14.2 Å². The summed E-state index contributed by atoms with van der Waals surface area (Å²) in [5, 5.41) is 0. The predicted octanol–water partition coefficient (Wildman–Crippen LogP) is 25.1. The molecule has 0 aromatic rings. The summed E-state index contributed by atoms with van der Waals surface area (Å²) in [6.07, 6.45) is 91.6. The molecule has 0 heterocycles. The monoisotopic (exact) mass is 1150 g/mol. The molecule has 0 aliphatic rings. The Labute approximate surface area is 510 Å². The summed E-state index contributed by atoms with van der Waals surface area (Å²) >= 11 is 0. The van der Waals surface area contributed by atoms with Gasteiger partial charge in [0.2, 0.25) is 0 Å². The lowest BCUT2D eigenvalue weighted by Gasteiger charge is -2.18. The lowest BCUT2D eigenvalue weighted by atomic mass is 10.0. The van der Waals surface area contributed by atoms with E-state index in [-0.39, 0.29) is 37.5 Å². The molecule has 0 aromatic carbocycles. The predicted molar refractivity (Wildman–Crippen MR) is 358 cm³/mol. The smallest absolute Gasteiger partial charge is 0.306 e. The second-order valence-electron chi connectivity index (χ2n) is 24.5. The second-order valence-corrected chi connectivity index (χ2v) is 24.5. The first-order valence-corrected chi connectivity index (χ1v) is 36.3. The van der Waals surface area contributed by atoms with Crippen LogP contribution < -0.4 is 0 Å². The molecule has 0 rings (SSSR count). The summed E-state index contributed by atoms with van der Waals surface area (Å²) in [6.45, 7) is 6.52. The van der Waals surface area contributed by atoms with Crippen molar-refractivity contribution in [3.63, 3.8) is 0 Å². The van der Waals surface area contributed by atoms with E-state index in [4.69, 9.17) is 14.2 Å². The fraction of sp³-hybridized carbons (Fsp3) is 0.829. The number of allylic oxidation sites excluding steroid dienone is 10. The van der Waals surface area contributed by atoms with Crippen LogP contribution in [0.2, 0.25) is 0 Å². The molecule has 0 aliphatic carbocycles. The van der Waals surface area contributed by atoms with E-state index in [1.165, 1.54) is 276 Å². The van der Waals surface area contributed by atoms with Gasteiger partial charge in [0.15, 0.2) is 6.10 Å². The third-order valence-electron chi connectivity index (χ3n) is 16.3. The molecular formula is C76H138O6. The van der Waals surface area contributed by atoms with Crippen molar-refractivity contribution in [2.45, 2.75) is 393 Å². The largest absolute Gasteiger partial charge is 0.462 e. The van der Waals surface area contributed by atoms with Crippen molar-refractivity contribution in [1.82, 2.24) is 0 Å². The van der Waals surface area contributed by atoms with Gasteiger partial charge >= 0.3 is 17.9 Å². The number of carbonyl (C=O) groups excluding carboxylic acids is 3. The zero-order valence-corrected chi connectivity index (χ0v) is 55.0. The van der Waals surface area contributed by atoms with E-state index in [9.17, 15) is 14.4 Å². The maximum Gasteiger partial charge on any atom is 0.306 e. The minimum atomic E-state index is -0.805. The molecule has 82 heavy (non-hydrogen) atoms. The van der Waals surface area contributed by atoms with Crippen LogP contribution in [0.25, 0.3) is 0 Å². The van der Waals surface area contributed by atoms with Crippen LogP contribution in [-0.2, 0) is 28.6 Å². The molecule has 0 saturated heterocycles. The lowest BCUT2D eigenvalue weighted by molar-refractivity contribution is -0.166. The first-order chi connectivity index (χ1) is 40.5. The summed E-state index contributed by atoms with van der Waals surface area (Å²) in [7, 11) is 0. The zero-order chi connectivity index (χ0) is 59.2. The summed E-state index contributed by atoms with van der Waals surface area (Å²) in [4.78, 5) is 38.3. The van der Waals surface area contributed by atoms with E-state index in [1.54, 1.807) is 0 Å². The van der Waals surface area contributed by atoms with Crippen molar-refractivity contribution in [2.24, 2.45) is 0 Å². The average molecular weight is 1150 g/mol. The van der Waals surface area contributed by atoms with Gasteiger partial charge in [0.05, 0.1) is 0 Å². The second kappa shape index (κ2) is 70.6. The van der Waals surface area contributed by atoms with Gasteiger partial charge in [0.1, 0.15) is 13.2 Å². The van der Waals surface area contributed by atoms with E-state index >= 15 is 0 Å². The molecule has 6 nitrogen and oxygen atoms in total. The molecule has 0 fully saturated rings. The van der Waals surface area contributed by atoms with Gasteiger partial charge in [-0.05, 0) is 70.6 Å². The standard InChI is InChI=1S/C76H138O6/c1-4-7-10-13-16-19-22-25-27-29-31-32-33-34-35-36-37-38-39-40-41-42-43-44-45-47-48-51-54-57-60-63-66-69-75(78)81-72-73(71-80-74(77)68-65-62-59-56-53-50-24-21-18-15-12-9-6-3)82-76(79)70-67-64-61-58-55-52-49-46-30-28-26-23-20-17-14-11-8-5-2/h9,12,18,21,28,30,50,53,59,62,73H,4-8,10-11,13-17,19-20,22-27,29,31-49,51-52,54-58,60-61,63-72H2,1-3H3/b12-9-,21-18-,30-28-,53-50-,62-59-. The summed E-state index contributed by atoms with van der Waals surface area (Å²) in [5.74, 6) is -0.963. The van der Waals surface area contributed by atoms with Crippen LogP contribution in [0.1, 0.15) is 387 Å².